The average molecular weight is 216 g/mol. The van der Waals surface area contributed by atoms with E-state index in [-0.39, 0.29) is 11.1 Å². The Labute approximate surface area is 83.7 Å². The van der Waals surface area contributed by atoms with Gasteiger partial charge in [0.25, 0.3) is 0 Å². The summed E-state index contributed by atoms with van der Waals surface area (Å²) in [5, 5.41) is 8.33. The van der Waals surface area contributed by atoms with Crippen LogP contribution in [-0.2, 0) is 4.79 Å². The number of halogens is 3. The lowest BCUT2D eigenvalue weighted by molar-refractivity contribution is -0.134. The largest absolute Gasteiger partial charge is 0.476 e. The topological polar surface area (TPSA) is 37.3 Å². The smallest absolute Gasteiger partial charge is 0.365 e. The lowest BCUT2D eigenvalue weighted by Crippen LogP contribution is -1.98. The summed E-state index contributed by atoms with van der Waals surface area (Å²) in [6.07, 6.45) is 0. The molecule has 1 N–H and O–H groups in total. The number of aliphatic carboxylic acids is 1. The van der Waals surface area contributed by atoms with Crippen LogP contribution in [0.25, 0.3) is 5.57 Å². The zero-order valence-corrected chi connectivity index (χ0v) is 7.72. The van der Waals surface area contributed by atoms with Crippen molar-refractivity contribution < 1.29 is 23.1 Å². The number of rotatable bonds is 2. The molecule has 0 fully saturated rings. The Kier molecular flexibility index (Phi) is 3.14. The quantitative estimate of drug-likeness (QED) is 0.772. The Hall–Kier alpha value is -1.78. The highest BCUT2D eigenvalue weighted by atomic mass is 19.1. The van der Waals surface area contributed by atoms with Crippen molar-refractivity contribution in [2.75, 3.05) is 0 Å². The average Bonchev–Trinajstić information content (AvgIpc) is 2.13. The molecule has 0 amide bonds. The van der Waals surface area contributed by atoms with Crippen molar-refractivity contribution in [1.29, 1.82) is 0 Å². The fraction of sp³-hybridized carbons (Fsp3) is 0.100. The first kappa shape index (κ1) is 11.3. The van der Waals surface area contributed by atoms with Crippen molar-refractivity contribution in [3.63, 3.8) is 0 Å². The first-order valence-corrected chi connectivity index (χ1v) is 3.98. The Balaban J connectivity index is 3.28. The molecule has 2 nitrogen and oxygen atoms in total. The summed E-state index contributed by atoms with van der Waals surface area (Å²) in [6, 6.07) is 2.34. The predicted octanol–water partition coefficient (Wildman–Crippen LogP) is 2.75. The van der Waals surface area contributed by atoms with Crippen molar-refractivity contribution in [3.05, 3.63) is 41.2 Å². The molecule has 0 heterocycles. The second-order valence-electron chi connectivity index (χ2n) is 2.90. The van der Waals surface area contributed by atoms with Gasteiger partial charge in [0.05, 0.1) is 0 Å². The minimum atomic E-state index is -1.77. The van der Waals surface area contributed by atoms with Crippen molar-refractivity contribution in [1.82, 2.24) is 0 Å². The summed E-state index contributed by atoms with van der Waals surface area (Å²) in [5.74, 6) is -4.97. The van der Waals surface area contributed by atoms with Gasteiger partial charge in [-0.05, 0) is 30.2 Å². The van der Waals surface area contributed by atoms with Crippen LogP contribution in [0.1, 0.15) is 12.5 Å². The molecule has 15 heavy (non-hydrogen) atoms. The van der Waals surface area contributed by atoms with Gasteiger partial charge in [-0.2, -0.15) is 4.39 Å². The Morgan fingerprint density at radius 1 is 1.20 bits per heavy atom. The molecule has 0 aliphatic rings. The molecule has 80 valence electrons. The minimum absolute atomic E-state index is 0.132. The van der Waals surface area contributed by atoms with E-state index in [0.717, 1.165) is 19.1 Å². The normalized spacial score (nSPS) is 12.3. The van der Waals surface area contributed by atoms with Gasteiger partial charge in [0.15, 0.2) is 0 Å². The summed E-state index contributed by atoms with van der Waals surface area (Å²) in [5.41, 5.74) is -0.451. The fourth-order valence-corrected chi connectivity index (χ4v) is 1.06. The highest BCUT2D eigenvalue weighted by Gasteiger charge is 2.13. The van der Waals surface area contributed by atoms with E-state index >= 15 is 0 Å². The molecular formula is C10H7F3O2. The van der Waals surface area contributed by atoms with Crippen molar-refractivity contribution in [2.24, 2.45) is 0 Å². The molecule has 5 heteroatoms. The molecule has 0 atom stereocenters. The summed E-state index contributed by atoms with van der Waals surface area (Å²) in [4.78, 5) is 10.3. The third-order valence-electron chi connectivity index (χ3n) is 1.81. The van der Waals surface area contributed by atoms with Crippen LogP contribution in [-0.4, -0.2) is 11.1 Å². The summed E-state index contributed by atoms with van der Waals surface area (Å²) >= 11 is 0. The van der Waals surface area contributed by atoms with Gasteiger partial charge >= 0.3 is 5.97 Å². The van der Waals surface area contributed by atoms with Crippen LogP contribution >= 0.6 is 0 Å². The molecule has 1 aromatic carbocycles. The third kappa shape index (κ3) is 2.59. The standard InChI is InChI=1S/C10H7F3O2/c1-5(9(13)10(14)15)6-2-7(11)4-8(12)3-6/h2-4H,1H3,(H,14,15). The molecule has 0 saturated heterocycles. The van der Waals surface area contributed by atoms with E-state index in [1.807, 2.05) is 0 Å². The number of carboxylic acid groups (broad SMARTS) is 1. The molecule has 0 spiro atoms. The van der Waals surface area contributed by atoms with E-state index in [9.17, 15) is 18.0 Å². The molecule has 0 aliphatic carbocycles. The van der Waals surface area contributed by atoms with Gasteiger partial charge in [-0.1, -0.05) is 0 Å². The van der Waals surface area contributed by atoms with E-state index in [0.29, 0.717) is 6.07 Å². The van der Waals surface area contributed by atoms with Crippen molar-refractivity contribution >= 4 is 11.5 Å². The first-order chi connectivity index (χ1) is 6.91. The number of carboxylic acids is 1. The maximum absolute atomic E-state index is 12.9. The molecule has 0 aromatic heterocycles. The van der Waals surface area contributed by atoms with Gasteiger partial charge in [0, 0.05) is 6.07 Å². The molecule has 1 aromatic rings. The van der Waals surface area contributed by atoms with Crippen molar-refractivity contribution in [3.8, 4) is 0 Å². The fourth-order valence-electron chi connectivity index (χ4n) is 1.06. The molecule has 0 unspecified atom stereocenters. The van der Waals surface area contributed by atoms with E-state index in [4.69, 9.17) is 5.11 Å². The summed E-state index contributed by atoms with van der Waals surface area (Å²) in [7, 11) is 0. The Morgan fingerprint density at radius 3 is 2.07 bits per heavy atom. The van der Waals surface area contributed by atoms with Crippen LogP contribution in [0, 0.1) is 11.6 Å². The van der Waals surface area contributed by atoms with Crippen LogP contribution < -0.4 is 0 Å². The summed E-state index contributed by atoms with van der Waals surface area (Å²) in [6.45, 7) is 1.14. The van der Waals surface area contributed by atoms with Crippen LogP contribution in [0.2, 0.25) is 0 Å². The lowest BCUT2D eigenvalue weighted by atomic mass is 10.1. The number of hydrogen-bond acceptors (Lipinski definition) is 1. The maximum atomic E-state index is 12.9. The monoisotopic (exact) mass is 216 g/mol. The van der Waals surface area contributed by atoms with Crippen LogP contribution in [0.5, 0.6) is 0 Å². The van der Waals surface area contributed by atoms with E-state index in [2.05, 4.69) is 0 Å². The molecular weight excluding hydrogens is 209 g/mol. The van der Waals surface area contributed by atoms with E-state index in [1.54, 1.807) is 0 Å². The number of allylic oxidation sites excluding steroid dienone is 1. The molecule has 0 bridgehead atoms. The van der Waals surface area contributed by atoms with Gasteiger partial charge in [-0.15, -0.1) is 0 Å². The number of benzene rings is 1. The van der Waals surface area contributed by atoms with Gasteiger partial charge in [-0.25, -0.2) is 13.6 Å². The SMILES string of the molecule is CC(=C(F)C(=O)O)c1cc(F)cc(F)c1. The maximum Gasteiger partial charge on any atom is 0.365 e. The van der Waals surface area contributed by atoms with Gasteiger partial charge < -0.3 is 5.11 Å². The summed E-state index contributed by atoms with van der Waals surface area (Å²) < 4.78 is 38.3. The van der Waals surface area contributed by atoms with Crippen LogP contribution in [0.4, 0.5) is 13.2 Å². The second kappa shape index (κ2) is 4.16. The van der Waals surface area contributed by atoms with Gasteiger partial charge in [-0.3, -0.25) is 0 Å². The third-order valence-corrected chi connectivity index (χ3v) is 1.81. The Bertz CT molecular complexity index is 418. The van der Waals surface area contributed by atoms with Crippen LogP contribution in [0.15, 0.2) is 24.0 Å². The highest BCUT2D eigenvalue weighted by Crippen LogP contribution is 2.21. The van der Waals surface area contributed by atoms with Crippen LogP contribution in [0.3, 0.4) is 0 Å². The predicted molar refractivity (Wildman–Crippen MR) is 47.7 cm³/mol. The molecule has 1 rings (SSSR count). The van der Waals surface area contributed by atoms with Gasteiger partial charge in [0.1, 0.15) is 11.6 Å². The Morgan fingerprint density at radius 2 is 1.67 bits per heavy atom. The lowest BCUT2D eigenvalue weighted by Gasteiger charge is -2.02. The number of hydrogen-bond donors (Lipinski definition) is 1. The molecule has 0 aliphatic heterocycles. The zero-order valence-electron chi connectivity index (χ0n) is 7.72. The molecule has 0 radical (unpaired) electrons. The molecule has 0 saturated carbocycles. The van der Waals surface area contributed by atoms with E-state index in [1.165, 1.54) is 0 Å². The highest BCUT2D eigenvalue weighted by molar-refractivity contribution is 5.93. The van der Waals surface area contributed by atoms with E-state index < -0.39 is 23.4 Å². The first-order valence-electron chi connectivity index (χ1n) is 3.98. The minimum Gasteiger partial charge on any atom is -0.476 e. The zero-order chi connectivity index (χ0) is 11.6. The van der Waals surface area contributed by atoms with Gasteiger partial charge in [0.2, 0.25) is 5.83 Å². The van der Waals surface area contributed by atoms with Crippen molar-refractivity contribution in [2.45, 2.75) is 6.92 Å². The number of carbonyl (C=O) groups is 1. The second-order valence-corrected chi connectivity index (χ2v) is 2.90.